The predicted molar refractivity (Wildman–Crippen MR) is 186 cm³/mol. The fourth-order valence-electron chi connectivity index (χ4n) is 8.91. The maximum absolute atomic E-state index is 12.5. The number of nitrogens with zero attached hydrogens (tertiary/aromatic N) is 2. The number of rotatable bonds is 15. The van der Waals surface area contributed by atoms with Crippen LogP contribution in [-0.4, -0.2) is 105 Å². The van der Waals surface area contributed by atoms with Crippen LogP contribution in [0.5, 0.6) is 0 Å². The molecular formula is C38H68N2O10. The second-order valence-electron chi connectivity index (χ2n) is 16.5. The summed E-state index contributed by atoms with van der Waals surface area (Å²) in [5.41, 5.74) is -2.01. The Morgan fingerprint density at radius 2 is 1.00 bits per heavy atom. The van der Waals surface area contributed by atoms with E-state index in [-0.39, 0.29) is 49.2 Å². The minimum absolute atomic E-state index is 0.0886. The first-order chi connectivity index (χ1) is 23.4. The van der Waals surface area contributed by atoms with Gasteiger partial charge in [0, 0.05) is 48.6 Å². The molecular weight excluding hydrogens is 644 g/mol. The van der Waals surface area contributed by atoms with E-state index in [0.29, 0.717) is 51.7 Å². The Morgan fingerprint density at radius 1 is 0.640 bits per heavy atom. The fourth-order valence-corrected chi connectivity index (χ4v) is 8.91. The highest BCUT2D eigenvalue weighted by Gasteiger charge is 2.64. The normalized spacial score (nSPS) is 42.4. The molecule has 4 aliphatic rings. The molecule has 0 bridgehead atoms. The lowest BCUT2D eigenvalue weighted by molar-refractivity contribution is -0.352. The molecule has 0 aromatic carbocycles. The van der Waals surface area contributed by atoms with Crippen molar-refractivity contribution in [2.24, 2.45) is 11.8 Å². The lowest BCUT2D eigenvalue weighted by atomic mass is 9.67. The molecule has 12 heteroatoms. The summed E-state index contributed by atoms with van der Waals surface area (Å²) in [6.45, 7) is 21.5. The van der Waals surface area contributed by atoms with Crippen molar-refractivity contribution in [3.05, 3.63) is 0 Å². The van der Waals surface area contributed by atoms with Gasteiger partial charge in [0.25, 0.3) is 0 Å². The van der Waals surface area contributed by atoms with E-state index < -0.39 is 33.7 Å². The van der Waals surface area contributed by atoms with Crippen LogP contribution in [0.25, 0.3) is 0 Å². The van der Waals surface area contributed by atoms with Crippen LogP contribution in [0, 0.1) is 11.8 Å². The molecule has 4 aliphatic heterocycles. The Balaban J connectivity index is 1.11. The van der Waals surface area contributed by atoms with E-state index in [2.05, 4.69) is 55.4 Å². The van der Waals surface area contributed by atoms with E-state index in [0.717, 1.165) is 38.5 Å². The Kier molecular flexibility index (Phi) is 13.2. The second-order valence-corrected chi connectivity index (χ2v) is 16.5. The zero-order chi connectivity index (χ0) is 37.2. The first-order valence-corrected chi connectivity index (χ1v) is 19.4. The molecule has 0 saturated carbocycles. The molecule has 50 heavy (non-hydrogen) atoms. The highest BCUT2D eigenvalue weighted by molar-refractivity contribution is 5.69. The number of esters is 2. The molecule has 290 valence electrons. The molecule has 2 N–H and O–H groups in total. The van der Waals surface area contributed by atoms with E-state index in [1.165, 1.54) is 10.1 Å². The minimum atomic E-state index is -0.836. The summed E-state index contributed by atoms with van der Waals surface area (Å²) < 4.78 is 36.8. The van der Waals surface area contributed by atoms with Crippen molar-refractivity contribution < 1.29 is 48.4 Å². The van der Waals surface area contributed by atoms with Gasteiger partial charge in [0.05, 0.1) is 24.3 Å². The maximum Gasteiger partial charge on any atom is 0.305 e. The number of carbonyl (C=O) groups is 2. The Bertz CT molecular complexity index is 1090. The van der Waals surface area contributed by atoms with Gasteiger partial charge in [-0.1, -0.05) is 54.4 Å². The second kappa shape index (κ2) is 15.9. The zero-order valence-electron chi connectivity index (χ0n) is 32.7. The topological polar surface area (TPSA) is 136 Å². The molecule has 0 amide bonds. The molecule has 0 radical (unpaired) electrons. The minimum Gasteiger partial charge on any atom is -0.463 e. The largest absolute Gasteiger partial charge is 0.463 e. The lowest BCUT2D eigenvalue weighted by Gasteiger charge is -2.60. The number of hydrogen-bond acceptors (Lipinski definition) is 12. The SMILES string of the molecule is CCC1(C)CC2(OCC(COC(=O)CCCCCCC(=O)OCC3COC4(CC(C)(CC)N(O)C(C)(CC)C4C)O3)O2)C(C)C(C)(CC)N1O. The Hall–Kier alpha value is -1.38. The van der Waals surface area contributed by atoms with E-state index in [4.69, 9.17) is 28.4 Å². The molecule has 4 rings (SSSR count). The third kappa shape index (κ3) is 7.79. The van der Waals surface area contributed by atoms with Crippen molar-refractivity contribution in [1.29, 1.82) is 0 Å². The number of hydrogen-bond donors (Lipinski definition) is 2. The maximum atomic E-state index is 12.5. The molecule has 4 saturated heterocycles. The first kappa shape index (κ1) is 41.4. The third-order valence-electron chi connectivity index (χ3n) is 13.5. The summed E-state index contributed by atoms with van der Waals surface area (Å²) in [5.74, 6) is -2.38. The summed E-state index contributed by atoms with van der Waals surface area (Å²) in [7, 11) is 0. The number of unbranched alkanes of at least 4 members (excludes halogenated alkanes) is 3. The zero-order valence-corrected chi connectivity index (χ0v) is 32.7. The van der Waals surface area contributed by atoms with Gasteiger partial charge in [-0.25, -0.2) is 0 Å². The van der Waals surface area contributed by atoms with Crippen LogP contribution in [0.2, 0.25) is 0 Å². The van der Waals surface area contributed by atoms with Crippen molar-refractivity contribution in [2.45, 2.75) is 192 Å². The van der Waals surface area contributed by atoms with E-state index in [9.17, 15) is 20.0 Å². The average molecular weight is 713 g/mol. The smallest absolute Gasteiger partial charge is 0.305 e. The van der Waals surface area contributed by atoms with Gasteiger partial charge in [-0.05, 0) is 66.2 Å². The summed E-state index contributed by atoms with van der Waals surface area (Å²) in [4.78, 5) is 25.0. The van der Waals surface area contributed by atoms with Gasteiger partial charge in [0.15, 0.2) is 11.6 Å². The van der Waals surface area contributed by atoms with Crippen molar-refractivity contribution in [1.82, 2.24) is 10.1 Å². The van der Waals surface area contributed by atoms with Crippen LogP contribution in [0.1, 0.15) is 146 Å². The van der Waals surface area contributed by atoms with Crippen LogP contribution in [0.15, 0.2) is 0 Å². The van der Waals surface area contributed by atoms with E-state index >= 15 is 0 Å². The third-order valence-corrected chi connectivity index (χ3v) is 13.5. The molecule has 4 heterocycles. The fraction of sp³-hybridized carbons (Fsp3) is 0.947. The van der Waals surface area contributed by atoms with Crippen LogP contribution >= 0.6 is 0 Å². The highest BCUT2D eigenvalue weighted by Crippen LogP contribution is 2.54. The Labute approximate surface area is 300 Å². The molecule has 0 aromatic rings. The number of carbonyl (C=O) groups excluding carboxylic acids is 2. The predicted octanol–water partition coefficient (Wildman–Crippen LogP) is 6.77. The van der Waals surface area contributed by atoms with Gasteiger partial charge in [-0.2, -0.15) is 10.1 Å². The van der Waals surface area contributed by atoms with Gasteiger partial charge >= 0.3 is 11.9 Å². The van der Waals surface area contributed by atoms with Crippen molar-refractivity contribution in [3.63, 3.8) is 0 Å². The molecule has 12 nitrogen and oxygen atoms in total. The van der Waals surface area contributed by atoms with Gasteiger partial charge < -0.3 is 38.8 Å². The lowest BCUT2D eigenvalue weighted by Crippen LogP contribution is -2.71. The van der Waals surface area contributed by atoms with E-state index in [1.807, 2.05) is 13.8 Å². The Morgan fingerprint density at radius 3 is 1.32 bits per heavy atom. The summed E-state index contributed by atoms with van der Waals surface area (Å²) >= 11 is 0. The van der Waals surface area contributed by atoms with Gasteiger partial charge in [0.2, 0.25) is 0 Å². The number of ether oxygens (including phenoxy) is 6. The van der Waals surface area contributed by atoms with Crippen molar-refractivity contribution in [2.75, 3.05) is 26.4 Å². The van der Waals surface area contributed by atoms with Gasteiger partial charge in [0.1, 0.15) is 25.4 Å². The van der Waals surface area contributed by atoms with Gasteiger partial charge in [-0.15, -0.1) is 0 Å². The average Bonchev–Trinajstić information content (AvgIpc) is 3.72. The van der Waals surface area contributed by atoms with Crippen LogP contribution in [-0.2, 0) is 38.0 Å². The van der Waals surface area contributed by atoms with Gasteiger partial charge in [-0.3, -0.25) is 9.59 Å². The molecule has 4 fully saturated rings. The quantitative estimate of drug-likeness (QED) is 0.137. The molecule has 2 spiro atoms. The van der Waals surface area contributed by atoms with Crippen molar-refractivity contribution >= 4 is 11.9 Å². The van der Waals surface area contributed by atoms with Crippen molar-refractivity contribution in [3.8, 4) is 0 Å². The standard InChI is InChI=1S/C38H68N2O10/c1-11-33(7)25-37(27(5)35(9,13-3)39(33)43)47-23-29(49-37)21-45-31(41)19-17-15-16-18-20-32(42)46-22-30-24-48-38(50-30)26-34(8,12-2)40(44)36(10,14-4)28(38)6/h27-30,43-44H,11-26H2,1-10H3. The highest BCUT2D eigenvalue weighted by atomic mass is 16.8. The molecule has 10 unspecified atom stereocenters. The number of hydroxylamine groups is 4. The first-order valence-electron chi connectivity index (χ1n) is 19.4. The van der Waals surface area contributed by atoms with E-state index in [1.54, 1.807) is 0 Å². The molecule has 0 aromatic heterocycles. The number of piperidine rings is 2. The van der Waals surface area contributed by atoms with Crippen LogP contribution in [0.4, 0.5) is 0 Å². The van der Waals surface area contributed by atoms with Crippen LogP contribution < -0.4 is 0 Å². The molecule has 10 atom stereocenters. The monoisotopic (exact) mass is 712 g/mol. The molecule has 0 aliphatic carbocycles. The summed E-state index contributed by atoms with van der Waals surface area (Å²) in [6, 6.07) is 0. The van der Waals surface area contributed by atoms with Crippen LogP contribution in [0.3, 0.4) is 0 Å². The summed E-state index contributed by atoms with van der Waals surface area (Å²) in [5, 5.41) is 25.3. The summed E-state index contributed by atoms with van der Waals surface area (Å²) in [6.07, 6.45) is 6.93.